The minimum Gasteiger partial charge on any atom is -0.495 e. The van der Waals surface area contributed by atoms with E-state index in [4.69, 9.17) is 24.5 Å². The molecule has 2 unspecified atom stereocenters. The van der Waals surface area contributed by atoms with Crippen LogP contribution >= 0.6 is 15.9 Å². The van der Waals surface area contributed by atoms with Crippen LogP contribution in [0.15, 0.2) is 52.2 Å². The van der Waals surface area contributed by atoms with Crippen molar-refractivity contribution in [1.29, 1.82) is 0 Å². The minimum absolute atomic E-state index is 0.123. The highest BCUT2D eigenvalue weighted by atomic mass is 79.9. The number of benzene rings is 1. The van der Waals surface area contributed by atoms with Crippen molar-refractivity contribution < 1.29 is 52.7 Å². The predicted octanol–water partition coefficient (Wildman–Crippen LogP) is 5.73. The van der Waals surface area contributed by atoms with Crippen molar-refractivity contribution in [1.82, 2.24) is 14.5 Å². The van der Waals surface area contributed by atoms with Crippen molar-refractivity contribution in [3.8, 4) is 11.4 Å². The predicted molar refractivity (Wildman–Crippen MR) is 183 cm³/mol. The summed E-state index contributed by atoms with van der Waals surface area (Å²) in [5, 5.41) is 8.71. The van der Waals surface area contributed by atoms with Gasteiger partial charge in [-0.3, -0.25) is 29.0 Å². The molecule has 0 fully saturated rings. The van der Waals surface area contributed by atoms with Gasteiger partial charge in [0.2, 0.25) is 6.10 Å². The number of hydrogen-bond acceptors (Lipinski definition) is 12. The number of imidazole rings is 1. The molecule has 0 aliphatic carbocycles. The Kier molecular flexibility index (Phi) is 13.4. The van der Waals surface area contributed by atoms with Gasteiger partial charge in [0.1, 0.15) is 29.4 Å². The first-order chi connectivity index (χ1) is 24.2. The van der Waals surface area contributed by atoms with Crippen LogP contribution in [0.3, 0.4) is 0 Å². The number of ether oxygens (including phenoxy) is 3. The fourth-order valence-corrected chi connectivity index (χ4v) is 5.91. The number of aromatic nitrogens is 3. The maximum Gasteiger partial charge on any atom is 0.342 e. The summed E-state index contributed by atoms with van der Waals surface area (Å²) in [6, 6.07) is 8.65. The lowest BCUT2D eigenvalue weighted by atomic mass is 9.97. The average molecular weight is 776 g/mol. The Bertz CT molecular complexity index is 1760. The van der Waals surface area contributed by atoms with Crippen molar-refractivity contribution in [2.24, 2.45) is 4.99 Å². The lowest BCUT2D eigenvalue weighted by Gasteiger charge is -2.30. The van der Waals surface area contributed by atoms with E-state index in [1.165, 1.54) is 13.8 Å². The van der Waals surface area contributed by atoms with Crippen LogP contribution in [0, 0.1) is 6.92 Å². The summed E-state index contributed by atoms with van der Waals surface area (Å²) in [5.41, 5.74) is 1.82. The number of carbonyl (C=O) groups excluding carboxylic acids is 3. The van der Waals surface area contributed by atoms with Crippen molar-refractivity contribution in [2.75, 3.05) is 14.2 Å². The molecule has 14 nitrogen and oxygen atoms in total. The molecule has 1 aliphatic heterocycles. The molecule has 1 N–H and O–H groups in total. The highest BCUT2D eigenvalue weighted by molar-refractivity contribution is 9.10. The van der Waals surface area contributed by atoms with Gasteiger partial charge in [-0.1, -0.05) is 6.07 Å². The number of rotatable bonds is 17. The Balaban J connectivity index is 1.47. The number of carboxylic acid groups (broad SMARTS) is 1. The average Bonchev–Trinajstić information content (AvgIpc) is 3.42. The number of alkyl halides is 1. The molecule has 4 rings (SSSR count). The second-order valence-electron chi connectivity index (χ2n) is 12.3. The molecule has 3 aromatic rings. The van der Waals surface area contributed by atoms with Crippen molar-refractivity contribution in [2.45, 2.75) is 89.6 Å². The molecule has 3 heterocycles. The highest BCUT2D eigenvalue weighted by Gasteiger charge is 2.39. The summed E-state index contributed by atoms with van der Waals surface area (Å²) in [7, 11) is 2.63. The Morgan fingerprint density at radius 1 is 1.06 bits per heavy atom. The second-order valence-corrected chi connectivity index (χ2v) is 13.1. The summed E-state index contributed by atoms with van der Waals surface area (Å²) in [6.45, 7) is 4.60. The number of methoxy groups -OCH3 is 2. The molecule has 2 aromatic heterocycles. The summed E-state index contributed by atoms with van der Waals surface area (Å²) < 4.78 is 34.1. The lowest BCUT2D eigenvalue weighted by molar-refractivity contribution is -0.299. The minimum atomic E-state index is -1.95. The summed E-state index contributed by atoms with van der Waals surface area (Å²) in [6.07, 6.45) is -0.735. The molecule has 51 heavy (non-hydrogen) atoms. The number of aryl methyl sites for hydroxylation is 1. The number of hydrogen-bond donors (Lipinski definition) is 1. The zero-order valence-corrected chi connectivity index (χ0v) is 30.5. The van der Waals surface area contributed by atoms with E-state index in [9.17, 15) is 19.2 Å². The molecule has 0 amide bonds. The van der Waals surface area contributed by atoms with Crippen LogP contribution in [0.1, 0.15) is 87.6 Å². The third-order valence-electron chi connectivity index (χ3n) is 8.14. The van der Waals surface area contributed by atoms with Gasteiger partial charge in [-0.05, 0) is 74.2 Å². The van der Waals surface area contributed by atoms with E-state index in [1.54, 1.807) is 25.6 Å². The molecule has 1 aliphatic rings. The second kappa shape index (κ2) is 17.5. The largest absolute Gasteiger partial charge is 0.495 e. The first kappa shape index (κ1) is 39.1. The SMILES string of the molecule is COC(=O)C(CC(F)C(C)(C)OC(=O)CC[C@@H]1N=C(c2ccccn2)c2cc(Br)c(OC)cc2-n2c(C)cnc21)OOC(=O)CCCCC(=O)O. The van der Waals surface area contributed by atoms with E-state index >= 15 is 4.39 Å². The zero-order valence-electron chi connectivity index (χ0n) is 28.9. The van der Waals surface area contributed by atoms with E-state index < -0.39 is 54.2 Å². The topological polar surface area (TPSA) is 178 Å². The normalized spacial score (nSPS) is 15.0. The number of esters is 2. The number of halogens is 2. The fourth-order valence-electron chi connectivity index (χ4n) is 5.40. The molecule has 3 atom stereocenters. The Morgan fingerprint density at radius 3 is 2.47 bits per heavy atom. The smallest absolute Gasteiger partial charge is 0.342 e. The number of aliphatic carboxylic acids is 1. The van der Waals surface area contributed by atoms with Crippen LogP contribution in [0.25, 0.3) is 5.69 Å². The van der Waals surface area contributed by atoms with E-state index in [1.807, 2.05) is 35.8 Å². The van der Waals surface area contributed by atoms with Gasteiger partial charge in [-0.15, -0.1) is 0 Å². The summed E-state index contributed by atoms with van der Waals surface area (Å²) in [4.78, 5) is 72.0. The zero-order chi connectivity index (χ0) is 37.3. The molecular formula is C35H40BrFN4O10. The summed E-state index contributed by atoms with van der Waals surface area (Å²) in [5.74, 6) is -2.42. The van der Waals surface area contributed by atoms with Crippen molar-refractivity contribution >= 4 is 45.5 Å². The Morgan fingerprint density at radius 2 is 1.80 bits per heavy atom. The van der Waals surface area contributed by atoms with E-state index in [0.29, 0.717) is 27.5 Å². The lowest BCUT2D eigenvalue weighted by Crippen LogP contribution is -2.42. The van der Waals surface area contributed by atoms with Gasteiger partial charge in [0.25, 0.3) is 0 Å². The first-order valence-electron chi connectivity index (χ1n) is 16.2. The summed E-state index contributed by atoms with van der Waals surface area (Å²) >= 11 is 3.58. The maximum absolute atomic E-state index is 15.7. The quantitative estimate of drug-likeness (QED) is 0.0764. The number of unbranched alkanes of at least 4 members (excludes halogenated alkanes) is 1. The monoisotopic (exact) mass is 774 g/mol. The van der Waals surface area contributed by atoms with Gasteiger partial charge in [-0.2, -0.15) is 4.89 Å². The van der Waals surface area contributed by atoms with E-state index in [0.717, 1.165) is 24.1 Å². The van der Waals surface area contributed by atoms with Crippen LogP contribution in [0.5, 0.6) is 5.75 Å². The number of carbonyl (C=O) groups is 4. The number of pyridine rings is 1. The van der Waals surface area contributed by atoms with Crippen LogP contribution in [0.2, 0.25) is 0 Å². The first-order valence-corrected chi connectivity index (χ1v) is 17.0. The third-order valence-corrected chi connectivity index (χ3v) is 8.76. The standard InChI is InChI=1S/C35H40BrFN4O10/c1-20-19-39-33-24(40-32(23-10-8-9-15-38-23)21-16-22(36)26(47-4)17-25(21)41(20)33)13-14-30(44)49-35(2,3)28(37)18-27(34(46)48-5)50-51-31(45)12-7-6-11-29(42)43/h8-10,15-17,19,24,27-28H,6-7,11-14,18H2,1-5H3,(H,42,43)/t24-,27?,28?/m0/s1. The molecular weight excluding hydrogens is 735 g/mol. The van der Waals surface area contributed by atoms with Gasteiger partial charge in [-0.25, -0.2) is 19.0 Å². The van der Waals surface area contributed by atoms with Gasteiger partial charge < -0.3 is 19.3 Å². The van der Waals surface area contributed by atoms with Crippen LogP contribution < -0.4 is 4.74 Å². The van der Waals surface area contributed by atoms with Gasteiger partial charge in [0.05, 0.1) is 35.8 Å². The van der Waals surface area contributed by atoms with Crippen molar-refractivity contribution in [3.63, 3.8) is 0 Å². The van der Waals surface area contributed by atoms with Crippen molar-refractivity contribution in [3.05, 3.63) is 70.0 Å². The van der Waals surface area contributed by atoms with Crippen LogP contribution in [-0.4, -0.2) is 81.3 Å². The van der Waals surface area contributed by atoms with Gasteiger partial charge in [0, 0.05) is 55.4 Å². The highest BCUT2D eigenvalue weighted by Crippen LogP contribution is 2.38. The number of aliphatic imine (C=N–C) groups is 1. The molecule has 0 spiro atoms. The fraction of sp³-hybridized carbons (Fsp3) is 0.457. The molecule has 1 aromatic carbocycles. The molecule has 0 radical (unpaired) electrons. The van der Waals surface area contributed by atoms with E-state index in [2.05, 4.69) is 35.5 Å². The number of carboxylic acids is 1. The molecule has 0 saturated heterocycles. The molecule has 16 heteroatoms. The molecule has 274 valence electrons. The maximum atomic E-state index is 15.7. The molecule has 0 bridgehead atoms. The molecule has 0 saturated carbocycles. The number of nitrogens with zero attached hydrogens (tertiary/aromatic N) is 4. The van der Waals surface area contributed by atoms with Gasteiger partial charge in [0.15, 0.2) is 0 Å². The third kappa shape index (κ3) is 9.97. The number of fused-ring (bicyclic) bond motifs is 3. The Labute approximate surface area is 302 Å². The van der Waals surface area contributed by atoms with Crippen LogP contribution in [-0.2, 0) is 38.4 Å². The van der Waals surface area contributed by atoms with E-state index in [-0.39, 0.29) is 38.5 Å². The van der Waals surface area contributed by atoms with Gasteiger partial charge >= 0.3 is 23.9 Å². The van der Waals surface area contributed by atoms with Crippen LogP contribution in [0.4, 0.5) is 4.39 Å². The Hall–Kier alpha value is -4.70.